The number of halogens is 1. The summed E-state index contributed by atoms with van der Waals surface area (Å²) in [4.78, 5) is 4.21. The zero-order chi connectivity index (χ0) is 11.5. The normalized spacial score (nSPS) is 12.4. The summed E-state index contributed by atoms with van der Waals surface area (Å²) < 4.78 is 11.2. The fourth-order valence-corrected chi connectivity index (χ4v) is 1.76. The molecule has 0 aliphatic carbocycles. The number of pyridine rings is 1. The Kier molecular flexibility index (Phi) is 3.26. The number of hydrogen-bond donors (Lipinski definition) is 1. The number of rotatable bonds is 3. The van der Waals surface area contributed by atoms with Crippen molar-refractivity contribution in [3.8, 4) is 5.75 Å². The summed E-state index contributed by atoms with van der Waals surface area (Å²) in [6, 6.07) is 6.79. The predicted octanol–water partition coefficient (Wildman–Crippen LogP) is 2.49. The largest absolute Gasteiger partial charge is 0.495 e. The molecule has 2 aromatic rings. The van der Waals surface area contributed by atoms with Gasteiger partial charge in [0.2, 0.25) is 0 Å². The molecular weight excluding hydrogens is 272 g/mol. The monoisotopic (exact) mass is 282 g/mol. The van der Waals surface area contributed by atoms with E-state index in [0.717, 1.165) is 0 Å². The van der Waals surface area contributed by atoms with Crippen LogP contribution in [0, 0.1) is 0 Å². The van der Waals surface area contributed by atoms with Gasteiger partial charge in [-0.05, 0) is 40.2 Å². The van der Waals surface area contributed by atoms with Gasteiger partial charge in [0.25, 0.3) is 0 Å². The number of hydrogen-bond acceptors (Lipinski definition) is 4. The molecule has 0 aromatic carbocycles. The molecule has 1 atom stereocenters. The molecule has 0 aliphatic rings. The zero-order valence-corrected chi connectivity index (χ0v) is 10.3. The van der Waals surface area contributed by atoms with Crippen LogP contribution < -0.4 is 10.5 Å². The van der Waals surface area contributed by atoms with E-state index in [1.165, 1.54) is 0 Å². The molecule has 2 aromatic heterocycles. The lowest BCUT2D eigenvalue weighted by Gasteiger charge is -2.11. The summed E-state index contributed by atoms with van der Waals surface area (Å²) in [5.41, 5.74) is 6.71. The number of methoxy groups -OCH3 is 1. The van der Waals surface area contributed by atoms with Crippen LogP contribution in [0.4, 0.5) is 0 Å². The summed E-state index contributed by atoms with van der Waals surface area (Å²) >= 11 is 3.23. The number of furan rings is 1. The second kappa shape index (κ2) is 4.67. The standard InChI is InChI=1S/C11H11BrN2O2/c1-15-8-3-2-6-14-11(8)10(13)7-4-5-9(12)16-7/h2-6,10H,13H2,1H3. The van der Waals surface area contributed by atoms with Crippen molar-refractivity contribution in [2.24, 2.45) is 5.73 Å². The molecule has 2 rings (SSSR count). The first kappa shape index (κ1) is 11.2. The van der Waals surface area contributed by atoms with Crippen LogP contribution in [-0.4, -0.2) is 12.1 Å². The van der Waals surface area contributed by atoms with Gasteiger partial charge in [-0.1, -0.05) is 0 Å². The van der Waals surface area contributed by atoms with E-state index < -0.39 is 6.04 Å². The minimum absolute atomic E-state index is 0.428. The van der Waals surface area contributed by atoms with Gasteiger partial charge >= 0.3 is 0 Å². The van der Waals surface area contributed by atoms with Gasteiger partial charge in [-0.25, -0.2) is 0 Å². The van der Waals surface area contributed by atoms with Crippen molar-refractivity contribution in [1.82, 2.24) is 4.98 Å². The lowest BCUT2D eigenvalue weighted by Crippen LogP contribution is -2.13. The molecule has 0 spiro atoms. The van der Waals surface area contributed by atoms with Crippen LogP contribution in [0.1, 0.15) is 17.5 Å². The molecule has 84 valence electrons. The van der Waals surface area contributed by atoms with Crippen molar-refractivity contribution >= 4 is 15.9 Å². The molecule has 1 unspecified atom stereocenters. The highest BCUT2D eigenvalue weighted by Gasteiger charge is 2.18. The van der Waals surface area contributed by atoms with Gasteiger partial charge in [0.05, 0.1) is 7.11 Å². The first-order chi connectivity index (χ1) is 7.72. The van der Waals surface area contributed by atoms with Crippen molar-refractivity contribution in [3.05, 3.63) is 46.6 Å². The van der Waals surface area contributed by atoms with Gasteiger partial charge < -0.3 is 14.9 Å². The van der Waals surface area contributed by atoms with E-state index >= 15 is 0 Å². The summed E-state index contributed by atoms with van der Waals surface area (Å²) in [6.45, 7) is 0. The number of nitrogens with two attached hydrogens (primary N) is 1. The molecule has 5 heteroatoms. The third kappa shape index (κ3) is 2.10. The maximum atomic E-state index is 6.05. The Balaban J connectivity index is 2.36. The minimum Gasteiger partial charge on any atom is -0.495 e. The van der Waals surface area contributed by atoms with Gasteiger partial charge in [0.15, 0.2) is 4.67 Å². The summed E-state index contributed by atoms with van der Waals surface area (Å²) in [5.74, 6) is 1.30. The number of aromatic nitrogens is 1. The lowest BCUT2D eigenvalue weighted by atomic mass is 10.1. The van der Waals surface area contributed by atoms with Gasteiger partial charge in [0.1, 0.15) is 23.2 Å². The Hall–Kier alpha value is -1.33. The van der Waals surface area contributed by atoms with E-state index in [1.807, 2.05) is 12.1 Å². The van der Waals surface area contributed by atoms with Crippen LogP contribution in [0.2, 0.25) is 0 Å². The first-order valence-electron chi connectivity index (χ1n) is 4.72. The van der Waals surface area contributed by atoms with Gasteiger partial charge in [-0.15, -0.1) is 0 Å². The fraction of sp³-hybridized carbons (Fsp3) is 0.182. The van der Waals surface area contributed by atoms with E-state index in [1.54, 1.807) is 25.4 Å². The molecule has 2 N–H and O–H groups in total. The van der Waals surface area contributed by atoms with Crippen molar-refractivity contribution < 1.29 is 9.15 Å². The predicted molar refractivity (Wildman–Crippen MR) is 63.2 cm³/mol. The maximum Gasteiger partial charge on any atom is 0.169 e. The molecule has 0 saturated carbocycles. The smallest absolute Gasteiger partial charge is 0.169 e. The second-order valence-corrected chi connectivity index (χ2v) is 3.99. The van der Waals surface area contributed by atoms with Crippen molar-refractivity contribution in [2.75, 3.05) is 7.11 Å². The average molecular weight is 283 g/mol. The van der Waals surface area contributed by atoms with Crippen LogP contribution in [0.25, 0.3) is 0 Å². The molecule has 0 amide bonds. The zero-order valence-electron chi connectivity index (χ0n) is 8.68. The minimum atomic E-state index is -0.428. The van der Waals surface area contributed by atoms with Crippen LogP contribution in [0.15, 0.2) is 39.5 Å². The Bertz CT molecular complexity index is 484. The van der Waals surface area contributed by atoms with Crippen molar-refractivity contribution in [3.63, 3.8) is 0 Å². The molecule has 0 saturated heterocycles. The quantitative estimate of drug-likeness (QED) is 0.940. The molecule has 16 heavy (non-hydrogen) atoms. The highest BCUT2D eigenvalue weighted by Crippen LogP contribution is 2.28. The van der Waals surface area contributed by atoms with Gasteiger partial charge in [-0.2, -0.15) is 0 Å². The van der Waals surface area contributed by atoms with E-state index in [9.17, 15) is 0 Å². The van der Waals surface area contributed by atoms with Crippen LogP contribution in [0.3, 0.4) is 0 Å². The van der Waals surface area contributed by atoms with Crippen LogP contribution in [0.5, 0.6) is 5.75 Å². The SMILES string of the molecule is COc1cccnc1C(N)c1ccc(Br)o1. The Labute approximate surface area is 102 Å². The maximum absolute atomic E-state index is 6.05. The van der Waals surface area contributed by atoms with E-state index in [0.29, 0.717) is 21.9 Å². The third-order valence-corrected chi connectivity index (χ3v) is 2.64. The van der Waals surface area contributed by atoms with Crippen LogP contribution in [-0.2, 0) is 0 Å². The summed E-state index contributed by atoms with van der Waals surface area (Å²) in [5, 5.41) is 0. The van der Waals surface area contributed by atoms with Gasteiger partial charge in [0, 0.05) is 6.20 Å². The van der Waals surface area contributed by atoms with Crippen molar-refractivity contribution in [1.29, 1.82) is 0 Å². The Morgan fingerprint density at radius 2 is 2.25 bits per heavy atom. The molecule has 0 bridgehead atoms. The highest BCUT2D eigenvalue weighted by atomic mass is 79.9. The van der Waals surface area contributed by atoms with Crippen LogP contribution >= 0.6 is 15.9 Å². The van der Waals surface area contributed by atoms with E-state index in [-0.39, 0.29) is 0 Å². The Morgan fingerprint density at radius 3 is 2.88 bits per heavy atom. The van der Waals surface area contributed by atoms with E-state index in [4.69, 9.17) is 14.9 Å². The first-order valence-corrected chi connectivity index (χ1v) is 5.51. The third-order valence-electron chi connectivity index (χ3n) is 2.21. The molecular formula is C11H11BrN2O2. The molecule has 0 aliphatic heterocycles. The molecule has 4 nitrogen and oxygen atoms in total. The van der Waals surface area contributed by atoms with E-state index in [2.05, 4.69) is 20.9 Å². The number of nitrogens with zero attached hydrogens (tertiary/aromatic N) is 1. The van der Waals surface area contributed by atoms with Gasteiger partial charge in [-0.3, -0.25) is 4.98 Å². The number of ether oxygens (including phenoxy) is 1. The fourth-order valence-electron chi connectivity index (χ4n) is 1.44. The highest BCUT2D eigenvalue weighted by molar-refractivity contribution is 9.10. The van der Waals surface area contributed by atoms with Crippen molar-refractivity contribution in [2.45, 2.75) is 6.04 Å². The summed E-state index contributed by atoms with van der Waals surface area (Å²) in [6.07, 6.45) is 1.68. The second-order valence-electron chi connectivity index (χ2n) is 3.21. The lowest BCUT2D eigenvalue weighted by molar-refractivity contribution is 0.397. The molecule has 2 heterocycles. The summed E-state index contributed by atoms with van der Waals surface area (Å²) in [7, 11) is 1.59. The molecule has 0 radical (unpaired) electrons. The average Bonchev–Trinajstić information content (AvgIpc) is 2.75. The topological polar surface area (TPSA) is 61.3 Å². The Morgan fingerprint density at radius 1 is 1.44 bits per heavy atom. The molecule has 0 fully saturated rings.